The number of halogens is 2. The molecule has 98 valence electrons. The highest BCUT2D eigenvalue weighted by atomic mass is 35.5. The van der Waals surface area contributed by atoms with E-state index < -0.39 is 5.82 Å². The second kappa shape index (κ2) is 5.44. The van der Waals surface area contributed by atoms with Crippen LogP contribution in [0, 0.1) is 5.82 Å². The van der Waals surface area contributed by atoms with Crippen LogP contribution in [-0.2, 0) is 4.79 Å². The number of hydrogen-bond donors (Lipinski definition) is 2. The predicted molar refractivity (Wildman–Crippen MR) is 67.1 cm³/mol. The maximum absolute atomic E-state index is 13.5. The lowest BCUT2D eigenvalue weighted by molar-refractivity contribution is -0.121. The Balaban J connectivity index is 1.84. The molecule has 0 atom stereocenters. The zero-order valence-electron chi connectivity index (χ0n) is 9.71. The van der Waals surface area contributed by atoms with Gasteiger partial charge < -0.3 is 15.8 Å². The number of carbonyl (C=O) groups excluding carboxylic acids is 1. The number of amides is 1. The molecule has 0 unspecified atom stereocenters. The number of anilines is 1. The lowest BCUT2D eigenvalue weighted by Gasteiger charge is -2.10. The minimum absolute atomic E-state index is 0.0568. The fourth-order valence-corrected chi connectivity index (χ4v) is 1.72. The molecular weight excluding hydrogens is 259 g/mol. The van der Waals surface area contributed by atoms with E-state index in [1.165, 1.54) is 6.07 Å². The lowest BCUT2D eigenvalue weighted by atomic mass is 10.3. The topological polar surface area (TPSA) is 64.3 Å². The normalized spacial score (nSPS) is 14.3. The first-order valence-corrected chi connectivity index (χ1v) is 6.10. The van der Waals surface area contributed by atoms with Crippen LogP contribution in [0.1, 0.15) is 19.3 Å². The number of rotatable bonds is 5. The van der Waals surface area contributed by atoms with E-state index in [0.717, 1.165) is 18.9 Å². The molecule has 0 saturated heterocycles. The minimum Gasteiger partial charge on any atom is -0.488 e. The van der Waals surface area contributed by atoms with Crippen molar-refractivity contribution in [1.29, 1.82) is 0 Å². The van der Waals surface area contributed by atoms with Crippen LogP contribution in [0.2, 0.25) is 5.02 Å². The first-order chi connectivity index (χ1) is 8.56. The number of nitrogens with one attached hydrogen (secondary N) is 1. The van der Waals surface area contributed by atoms with Gasteiger partial charge in [0.2, 0.25) is 5.91 Å². The molecule has 4 nitrogen and oxygen atoms in total. The molecule has 1 fully saturated rings. The Bertz CT molecular complexity index is 440. The van der Waals surface area contributed by atoms with Crippen LogP contribution in [0.3, 0.4) is 0 Å². The minimum atomic E-state index is -0.623. The standard InChI is InChI=1S/C12H14ClFN2O2/c13-7-5-9(14)12(10(15)6-7)18-4-3-11(17)16-8-1-2-8/h5-6,8H,1-4,15H2,(H,16,17). The van der Waals surface area contributed by atoms with E-state index in [4.69, 9.17) is 22.1 Å². The van der Waals surface area contributed by atoms with Crippen molar-refractivity contribution in [1.82, 2.24) is 5.32 Å². The van der Waals surface area contributed by atoms with E-state index in [0.29, 0.717) is 6.04 Å². The van der Waals surface area contributed by atoms with E-state index in [9.17, 15) is 9.18 Å². The van der Waals surface area contributed by atoms with Crippen molar-refractivity contribution >= 4 is 23.2 Å². The van der Waals surface area contributed by atoms with Gasteiger partial charge in [-0.15, -0.1) is 0 Å². The summed E-state index contributed by atoms with van der Waals surface area (Å²) in [5.74, 6) is -0.772. The Morgan fingerprint density at radius 3 is 2.89 bits per heavy atom. The Kier molecular flexibility index (Phi) is 3.91. The van der Waals surface area contributed by atoms with Gasteiger partial charge in [-0.1, -0.05) is 11.6 Å². The predicted octanol–water partition coefficient (Wildman–Crippen LogP) is 2.11. The number of hydrogen-bond acceptors (Lipinski definition) is 3. The lowest BCUT2D eigenvalue weighted by Crippen LogP contribution is -2.26. The fourth-order valence-electron chi connectivity index (χ4n) is 1.51. The van der Waals surface area contributed by atoms with Gasteiger partial charge in [0, 0.05) is 11.1 Å². The van der Waals surface area contributed by atoms with Crippen molar-refractivity contribution in [2.24, 2.45) is 0 Å². The molecule has 0 radical (unpaired) electrons. The number of ether oxygens (including phenoxy) is 1. The summed E-state index contributed by atoms with van der Waals surface area (Å²) in [5.41, 5.74) is 5.71. The fraction of sp³-hybridized carbons (Fsp3) is 0.417. The molecular formula is C12H14ClFN2O2. The van der Waals surface area contributed by atoms with Gasteiger partial charge in [-0.05, 0) is 25.0 Å². The molecule has 1 aliphatic rings. The molecule has 6 heteroatoms. The molecule has 2 rings (SSSR count). The van der Waals surface area contributed by atoms with Crippen LogP contribution in [0.4, 0.5) is 10.1 Å². The van der Waals surface area contributed by atoms with Crippen molar-refractivity contribution in [3.63, 3.8) is 0 Å². The van der Waals surface area contributed by atoms with Crippen molar-refractivity contribution in [3.05, 3.63) is 23.0 Å². The average Bonchev–Trinajstić information content (AvgIpc) is 3.05. The molecule has 0 aromatic heterocycles. The van der Waals surface area contributed by atoms with Crippen LogP contribution >= 0.6 is 11.6 Å². The zero-order chi connectivity index (χ0) is 13.1. The highest BCUT2D eigenvalue weighted by molar-refractivity contribution is 6.30. The third kappa shape index (κ3) is 3.50. The Hall–Kier alpha value is -1.49. The first-order valence-electron chi connectivity index (χ1n) is 5.73. The van der Waals surface area contributed by atoms with Crippen LogP contribution < -0.4 is 15.8 Å². The third-order valence-electron chi connectivity index (χ3n) is 2.56. The highest BCUT2D eigenvalue weighted by Crippen LogP contribution is 2.29. The smallest absolute Gasteiger partial charge is 0.223 e. The summed E-state index contributed by atoms with van der Waals surface area (Å²) in [6.07, 6.45) is 2.24. The van der Waals surface area contributed by atoms with Gasteiger partial charge in [0.1, 0.15) is 0 Å². The molecule has 0 spiro atoms. The summed E-state index contributed by atoms with van der Waals surface area (Å²) in [4.78, 5) is 11.4. The zero-order valence-corrected chi connectivity index (χ0v) is 10.5. The number of carbonyl (C=O) groups is 1. The van der Waals surface area contributed by atoms with Crippen molar-refractivity contribution in [2.75, 3.05) is 12.3 Å². The number of benzene rings is 1. The summed E-state index contributed by atoms with van der Waals surface area (Å²) in [6, 6.07) is 2.84. The summed E-state index contributed by atoms with van der Waals surface area (Å²) in [5, 5.41) is 3.03. The van der Waals surface area contributed by atoms with Crippen LogP contribution in [0.15, 0.2) is 12.1 Å². The Morgan fingerprint density at radius 1 is 1.56 bits per heavy atom. The maximum atomic E-state index is 13.5. The van der Waals surface area contributed by atoms with E-state index in [2.05, 4.69) is 5.32 Å². The van der Waals surface area contributed by atoms with Gasteiger partial charge in [-0.25, -0.2) is 4.39 Å². The largest absolute Gasteiger partial charge is 0.488 e. The maximum Gasteiger partial charge on any atom is 0.223 e. The molecule has 1 aliphatic carbocycles. The molecule has 0 aliphatic heterocycles. The molecule has 1 saturated carbocycles. The molecule has 1 amide bonds. The van der Waals surface area contributed by atoms with Crippen molar-refractivity contribution in [3.8, 4) is 5.75 Å². The molecule has 1 aromatic carbocycles. The van der Waals surface area contributed by atoms with E-state index in [1.807, 2.05) is 0 Å². The van der Waals surface area contributed by atoms with E-state index >= 15 is 0 Å². The Labute approximate surface area is 109 Å². The third-order valence-corrected chi connectivity index (χ3v) is 2.77. The van der Waals surface area contributed by atoms with Crippen molar-refractivity contribution in [2.45, 2.75) is 25.3 Å². The van der Waals surface area contributed by atoms with Crippen LogP contribution in [-0.4, -0.2) is 18.6 Å². The average molecular weight is 273 g/mol. The van der Waals surface area contributed by atoms with E-state index in [-0.39, 0.29) is 35.4 Å². The summed E-state index contributed by atoms with van der Waals surface area (Å²) in [7, 11) is 0. The summed E-state index contributed by atoms with van der Waals surface area (Å²) >= 11 is 5.63. The second-order valence-electron chi connectivity index (χ2n) is 4.25. The van der Waals surface area contributed by atoms with Gasteiger partial charge in [0.05, 0.1) is 18.7 Å². The van der Waals surface area contributed by atoms with E-state index in [1.54, 1.807) is 0 Å². The Morgan fingerprint density at radius 2 is 2.28 bits per heavy atom. The van der Waals surface area contributed by atoms with Crippen molar-refractivity contribution < 1.29 is 13.9 Å². The van der Waals surface area contributed by atoms with Gasteiger partial charge in [0.15, 0.2) is 11.6 Å². The second-order valence-corrected chi connectivity index (χ2v) is 4.68. The van der Waals surface area contributed by atoms with Gasteiger partial charge in [0.25, 0.3) is 0 Å². The number of nitrogen functional groups attached to an aromatic ring is 1. The molecule has 3 N–H and O–H groups in total. The summed E-state index contributed by atoms with van der Waals surface area (Å²) in [6.45, 7) is 0.0846. The van der Waals surface area contributed by atoms with Gasteiger partial charge in [-0.3, -0.25) is 4.79 Å². The van der Waals surface area contributed by atoms with Gasteiger partial charge >= 0.3 is 0 Å². The van der Waals surface area contributed by atoms with Crippen LogP contribution in [0.25, 0.3) is 0 Å². The molecule has 0 bridgehead atoms. The number of nitrogens with two attached hydrogens (primary N) is 1. The quantitative estimate of drug-likeness (QED) is 0.807. The van der Waals surface area contributed by atoms with Gasteiger partial charge in [-0.2, -0.15) is 0 Å². The molecule has 18 heavy (non-hydrogen) atoms. The molecule has 0 heterocycles. The highest BCUT2D eigenvalue weighted by Gasteiger charge is 2.23. The summed E-state index contributed by atoms with van der Waals surface area (Å²) < 4.78 is 18.6. The first kappa shape index (κ1) is 13.0. The SMILES string of the molecule is Nc1cc(Cl)cc(F)c1OCCC(=O)NC1CC1. The van der Waals surface area contributed by atoms with Crippen LogP contribution in [0.5, 0.6) is 5.75 Å². The monoisotopic (exact) mass is 272 g/mol. The molecule has 1 aromatic rings.